The summed E-state index contributed by atoms with van der Waals surface area (Å²) >= 11 is 0. The van der Waals surface area contributed by atoms with E-state index in [1.54, 1.807) is 0 Å². The lowest BCUT2D eigenvalue weighted by Gasteiger charge is -2.46. The Hall–Kier alpha value is 0.000649. The quantitative estimate of drug-likeness (QED) is 0.237. The first-order valence-corrected chi connectivity index (χ1v) is 22.3. The average molecular weight is 548 g/mol. The van der Waals surface area contributed by atoms with Crippen LogP contribution in [0.4, 0.5) is 0 Å². The second kappa shape index (κ2) is 12.2. The highest BCUT2D eigenvalue weighted by Gasteiger charge is 2.46. The predicted molar refractivity (Wildman–Crippen MR) is 160 cm³/mol. The van der Waals surface area contributed by atoms with Gasteiger partial charge in [0.15, 0.2) is 25.0 Å². The van der Waals surface area contributed by atoms with Crippen LogP contribution in [0.3, 0.4) is 0 Å². The Morgan fingerprint density at radius 1 is 0.629 bits per heavy atom. The van der Waals surface area contributed by atoms with Gasteiger partial charge in [0.2, 0.25) is 5.91 Å². The largest absolute Gasteiger partial charge is 0.414 e. The Bertz CT molecular complexity index is 597. The maximum atomic E-state index is 13.1. The molecule has 0 aromatic carbocycles. The fraction of sp³-hybridized carbons (Fsp3) is 0.963. The van der Waals surface area contributed by atoms with E-state index in [1.807, 2.05) is 0 Å². The van der Waals surface area contributed by atoms with Crippen LogP contribution in [0, 0.1) is 0 Å². The molecule has 0 unspecified atom stereocenters. The molecule has 0 radical (unpaired) electrons. The van der Waals surface area contributed by atoms with Gasteiger partial charge < -0.3 is 18.6 Å². The van der Waals surface area contributed by atoms with Crippen LogP contribution < -0.4 is 5.32 Å². The van der Waals surface area contributed by atoms with Crippen molar-refractivity contribution in [3.05, 3.63) is 0 Å². The standard InChI is InChI=1S/C27H61NO4Si3/c1-17-18-19-23(29)28-27(20-30-33(11,12)24(2,3)4,21-31-34(13,14)25(5,6)7)22-32-35(15,16)26(8,9)10/h17-22H2,1-16H3,(H,28,29). The van der Waals surface area contributed by atoms with Crippen molar-refractivity contribution in [1.82, 2.24) is 5.32 Å². The molecule has 0 fully saturated rings. The van der Waals surface area contributed by atoms with E-state index in [-0.39, 0.29) is 21.0 Å². The molecular weight excluding hydrogens is 487 g/mol. The molecule has 0 spiro atoms. The van der Waals surface area contributed by atoms with E-state index in [0.29, 0.717) is 26.2 Å². The van der Waals surface area contributed by atoms with E-state index in [0.717, 1.165) is 12.8 Å². The molecule has 5 nitrogen and oxygen atoms in total. The van der Waals surface area contributed by atoms with Crippen LogP contribution in [-0.4, -0.2) is 56.2 Å². The van der Waals surface area contributed by atoms with Gasteiger partial charge in [-0.1, -0.05) is 75.7 Å². The van der Waals surface area contributed by atoms with Crippen molar-refractivity contribution in [2.75, 3.05) is 19.8 Å². The van der Waals surface area contributed by atoms with Gasteiger partial charge in [-0.2, -0.15) is 0 Å². The lowest BCUT2D eigenvalue weighted by Crippen LogP contribution is -2.63. The number of carbonyl (C=O) groups is 1. The summed E-state index contributed by atoms with van der Waals surface area (Å²) in [4.78, 5) is 13.1. The maximum Gasteiger partial charge on any atom is 0.220 e. The minimum atomic E-state index is -2.05. The first-order valence-electron chi connectivity index (χ1n) is 13.6. The Morgan fingerprint density at radius 3 is 1.14 bits per heavy atom. The van der Waals surface area contributed by atoms with E-state index >= 15 is 0 Å². The van der Waals surface area contributed by atoms with Crippen molar-refractivity contribution in [3.8, 4) is 0 Å². The van der Waals surface area contributed by atoms with Crippen molar-refractivity contribution in [2.24, 2.45) is 0 Å². The molecule has 1 N–H and O–H groups in total. The number of hydrogen-bond acceptors (Lipinski definition) is 4. The van der Waals surface area contributed by atoms with E-state index in [9.17, 15) is 4.79 Å². The van der Waals surface area contributed by atoms with Crippen molar-refractivity contribution >= 4 is 30.9 Å². The Morgan fingerprint density at radius 2 is 0.914 bits per heavy atom. The molecule has 35 heavy (non-hydrogen) atoms. The van der Waals surface area contributed by atoms with Crippen molar-refractivity contribution < 1.29 is 18.1 Å². The zero-order valence-corrected chi connectivity index (χ0v) is 29.4. The molecule has 0 aromatic rings. The number of nitrogens with one attached hydrogen (secondary N) is 1. The second-order valence-electron chi connectivity index (χ2n) is 15.1. The summed E-state index contributed by atoms with van der Waals surface area (Å²) in [5.74, 6) is 0.0587. The Kier molecular flexibility index (Phi) is 12.2. The number of unbranched alkanes of at least 4 members (excludes halogenated alkanes) is 1. The minimum absolute atomic E-state index is 0.0587. The first kappa shape index (κ1) is 35.0. The van der Waals surface area contributed by atoms with Crippen molar-refractivity contribution in [2.45, 2.75) is 148 Å². The predicted octanol–water partition coefficient (Wildman–Crippen LogP) is 8.10. The minimum Gasteiger partial charge on any atom is -0.414 e. The molecule has 0 aliphatic heterocycles. The molecule has 8 heteroatoms. The third kappa shape index (κ3) is 10.7. The number of rotatable bonds is 13. The van der Waals surface area contributed by atoms with Crippen molar-refractivity contribution in [1.29, 1.82) is 0 Å². The summed E-state index contributed by atoms with van der Waals surface area (Å²) in [6.45, 7) is 37.2. The van der Waals surface area contributed by atoms with E-state index < -0.39 is 30.5 Å². The fourth-order valence-electron chi connectivity index (χ4n) is 2.53. The van der Waals surface area contributed by atoms with Gasteiger partial charge in [0.1, 0.15) is 5.54 Å². The molecule has 1 amide bonds. The van der Waals surface area contributed by atoms with Gasteiger partial charge in [-0.15, -0.1) is 0 Å². The molecule has 0 saturated heterocycles. The fourth-order valence-corrected chi connectivity index (χ4v) is 5.74. The zero-order chi connectivity index (χ0) is 28.1. The summed E-state index contributed by atoms with van der Waals surface area (Å²) in [5, 5.41) is 3.61. The van der Waals surface area contributed by atoms with E-state index in [2.05, 4.69) is 114 Å². The third-order valence-electron chi connectivity index (χ3n) is 8.71. The lowest BCUT2D eigenvalue weighted by molar-refractivity contribution is -0.125. The topological polar surface area (TPSA) is 56.8 Å². The van der Waals surface area contributed by atoms with Crippen LogP contribution in [0.5, 0.6) is 0 Å². The number of carbonyl (C=O) groups excluding carboxylic acids is 1. The summed E-state index contributed by atoms with van der Waals surface area (Å²) < 4.78 is 20.3. The van der Waals surface area contributed by atoms with E-state index in [1.165, 1.54) is 0 Å². The molecule has 0 atom stereocenters. The molecule has 0 aliphatic rings. The highest BCUT2D eigenvalue weighted by atomic mass is 28.4. The van der Waals surface area contributed by atoms with Gasteiger partial charge in [-0.25, -0.2) is 0 Å². The smallest absolute Gasteiger partial charge is 0.220 e. The molecule has 0 saturated carbocycles. The van der Waals surface area contributed by atoms with Crippen LogP contribution in [0.15, 0.2) is 0 Å². The Balaban J connectivity index is 6.32. The van der Waals surface area contributed by atoms with Gasteiger partial charge in [-0.05, 0) is 60.8 Å². The first-order chi connectivity index (χ1) is 15.3. The molecule has 0 bridgehead atoms. The molecule has 0 rings (SSSR count). The molecular formula is C27H61NO4Si3. The van der Waals surface area contributed by atoms with Gasteiger partial charge in [0.25, 0.3) is 0 Å². The zero-order valence-electron chi connectivity index (χ0n) is 26.4. The number of hydrogen-bond donors (Lipinski definition) is 1. The average Bonchev–Trinajstić information content (AvgIpc) is 2.65. The SMILES string of the molecule is CCCCC(=O)NC(CO[Si](C)(C)C(C)(C)C)(CO[Si](C)(C)C(C)(C)C)CO[Si](C)(C)C(C)(C)C. The molecule has 0 aromatic heterocycles. The second-order valence-corrected chi connectivity index (χ2v) is 29.5. The van der Waals surface area contributed by atoms with Crippen LogP contribution >= 0.6 is 0 Å². The highest BCUT2D eigenvalue weighted by molar-refractivity contribution is 6.75. The van der Waals surface area contributed by atoms with Gasteiger partial charge >= 0.3 is 0 Å². The van der Waals surface area contributed by atoms with E-state index in [4.69, 9.17) is 13.3 Å². The summed E-state index contributed by atoms with van der Waals surface area (Å²) in [5.41, 5.74) is -0.717. The van der Waals surface area contributed by atoms with Gasteiger partial charge in [0.05, 0.1) is 19.8 Å². The van der Waals surface area contributed by atoms with Crippen molar-refractivity contribution in [3.63, 3.8) is 0 Å². The van der Waals surface area contributed by atoms with Crippen LogP contribution in [0.1, 0.15) is 88.5 Å². The third-order valence-corrected chi connectivity index (χ3v) is 22.1. The van der Waals surface area contributed by atoms with Crippen LogP contribution in [0.25, 0.3) is 0 Å². The monoisotopic (exact) mass is 547 g/mol. The normalized spacial score (nSPS) is 14.9. The molecule has 0 heterocycles. The van der Waals surface area contributed by atoms with Crippen LogP contribution in [0.2, 0.25) is 54.4 Å². The van der Waals surface area contributed by atoms with Gasteiger partial charge in [0, 0.05) is 6.42 Å². The van der Waals surface area contributed by atoms with Crippen LogP contribution in [-0.2, 0) is 18.1 Å². The lowest BCUT2D eigenvalue weighted by atomic mass is 10.0. The highest BCUT2D eigenvalue weighted by Crippen LogP contribution is 2.40. The number of amides is 1. The molecule has 0 aliphatic carbocycles. The van der Waals surface area contributed by atoms with Gasteiger partial charge in [-0.3, -0.25) is 4.79 Å². The summed E-state index contributed by atoms with van der Waals surface area (Å²) in [7, 11) is -6.16. The summed E-state index contributed by atoms with van der Waals surface area (Å²) in [6.07, 6.45) is 2.37. The Labute approximate surface area is 222 Å². The maximum absolute atomic E-state index is 13.1. The summed E-state index contributed by atoms with van der Waals surface area (Å²) in [6, 6.07) is 0. The molecule has 210 valence electrons.